The predicted molar refractivity (Wildman–Crippen MR) is 23.8 cm³/mol. The molecular formula is C4H5N2O2. The summed E-state index contributed by atoms with van der Waals surface area (Å²) in [7, 11) is 1.57. The van der Waals surface area contributed by atoms with Crippen LogP contribution in [0.3, 0.4) is 0 Å². The lowest BCUT2D eigenvalue weighted by Gasteiger charge is -1.85. The Morgan fingerprint density at radius 1 is 1.88 bits per heavy atom. The highest BCUT2D eigenvalue weighted by Crippen LogP contribution is 1.92. The summed E-state index contributed by atoms with van der Waals surface area (Å²) in [6, 6.07) is 0. The average molecular weight is 113 g/mol. The first kappa shape index (κ1) is 5.24. The second-order valence-corrected chi connectivity index (χ2v) is 1.24. The molecule has 0 atom stereocenters. The number of methoxy groups -OCH3 is 1. The minimum absolute atomic E-state index is 0.382. The predicted octanol–water partition coefficient (Wildman–Crippen LogP) is 0.0162. The molecule has 0 spiro atoms. The smallest absolute Gasteiger partial charge is 0.192 e. The van der Waals surface area contributed by atoms with Gasteiger partial charge in [0.05, 0.1) is 0 Å². The van der Waals surface area contributed by atoms with Crippen molar-refractivity contribution >= 4 is 0 Å². The molecule has 4 heteroatoms. The molecule has 0 aliphatic rings. The van der Waals surface area contributed by atoms with Gasteiger partial charge in [-0.25, -0.2) is 0 Å². The highest BCUT2D eigenvalue weighted by atomic mass is 16.5. The van der Waals surface area contributed by atoms with E-state index in [9.17, 15) is 0 Å². The van der Waals surface area contributed by atoms with Crippen molar-refractivity contribution in [2.75, 3.05) is 7.11 Å². The Morgan fingerprint density at radius 2 is 2.75 bits per heavy atom. The number of nitrogens with zero attached hydrogens (tertiary/aromatic N) is 2. The van der Waals surface area contributed by atoms with E-state index in [1.165, 1.54) is 0 Å². The Kier molecular flexibility index (Phi) is 1.58. The van der Waals surface area contributed by atoms with Crippen LogP contribution >= 0.6 is 0 Å². The maximum atomic E-state index is 4.68. The third-order valence-electron chi connectivity index (χ3n) is 0.642. The second-order valence-electron chi connectivity index (χ2n) is 1.24. The molecule has 0 unspecified atom stereocenters. The van der Waals surface area contributed by atoms with Crippen LogP contribution in [-0.2, 0) is 11.3 Å². The maximum absolute atomic E-state index is 4.68. The second kappa shape index (κ2) is 2.42. The zero-order chi connectivity index (χ0) is 5.82. The van der Waals surface area contributed by atoms with E-state index < -0.39 is 0 Å². The van der Waals surface area contributed by atoms with Crippen LogP contribution in [0.4, 0.5) is 0 Å². The van der Waals surface area contributed by atoms with Crippen molar-refractivity contribution in [3.05, 3.63) is 12.0 Å². The molecule has 8 heavy (non-hydrogen) atoms. The number of ether oxygens (including phenoxy) is 1. The monoisotopic (exact) mass is 113 g/mol. The van der Waals surface area contributed by atoms with Crippen molar-refractivity contribution in [1.29, 1.82) is 0 Å². The van der Waals surface area contributed by atoms with Gasteiger partial charge in [0, 0.05) is 12.4 Å². The van der Waals surface area contributed by atoms with Crippen LogP contribution in [0, 0.1) is 6.20 Å². The fraction of sp³-hybridized carbons (Fsp3) is 0.500. The molecule has 1 aromatic rings. The summed E-state index contributed by atoms with van der Waals surface area (Å²) in [6.07, 6.45) is 2.49. The molecule has 0 aliphatic heterocycles. The van der Waals surface area contributed by atoms with Crippen LogP contribution in [0.5, 0.6) is 0 Å². The van der Waals surface area contributed by atoms with Gasteiger partial charge in [0.1, 0.15) is 6.61 Å². The van der Waals surface area contributed by atoms with Gasteiger partial charge in [0.15, 0.2) is 12.0 Å². The lowest BCUT2D eigenvalue weighted by Crippen LogP contribution is -1.81. The normalized spacial score (nSPS) is 9.62. The third-order valence-corrected chi connectivity index (χ3v) is 0.642. The SMILES string of the molecule is COCc1[c]nno1. The third kappa shape index (κ3) is 1.04. The summed E-state index contributed by atoms with van der Waals surface area (Å²) in [6.45, 7) is 0.382. The first-order chi connectivity index (χ1) is 3.93. The zero-order valence-electron chi connectivity index (χ0n) is 4.42. The van der Waals surface area contributed by atoms with E-state index >= 15 is 0 Å². The zero-order valence-corrected chi connectivity index (χ0v) is 4.42. The molecule has 4 nitrogen and oxygen atoms in total. The maximum Gasteiger partial charge on any atom is 0.192 e. The Bertz CT molecular complexity index is 138. The molecule has 0 bridgehead atoms. The van der Waals surface area contributed by atoms with Gasteiger partial charge in [-0.2, -0.15) is 0 Å². The topological polar surface area (TPSA) is 48.2 Å². The molecule has 1 aromatic heterocycles. The number of rotatable bonds is 2. The number of hydrogen-bond donors (Lipinski definition) is 0. The molecule has 0 fully saturated rings. The average Bonchev–Trinajstić information content (AvgIpc) is 2.19. The molecule has 0 amide bonds. The van der Waals surface area contributed by atoms with Crippen LogP contribution in [0.15, 0.2) is 4.52 Å². The van der Waals surface area contributed by atoms with Gasteiger partial charge in [-0.15, -0.1) is 5.10 Å². The van der Waals surface area contributed by atoms with Crippen molar-refractivity contribution in [2.24, 2.45) is 0 Å². The highest BCUT2D eigenvalue weighted by Gasteiger charge is 1.94. The lowest BCUT2D eigenvalue weighted by molar-refractivity contribution is 0.155. The minimum atomic E-state index is 0.382. The van der Waals surface area contributed by atoms with Gasteiger partial charge >= 0.3 is 0 Å². The lowest BCUT2D eigenvalue weighted by atomic mass is 10.6. The highest BCUT2D eigenvalue weighted by molar-refractivity contribution is 4.78. The molecule has 1 radical (unpaired) electrons. The fourth-order valence-corrected chi connectivity index (χ4v) is 0.356. The van der Waals surface area contributed by atoms with Crippen LogP contribution < -0.4 is 0 Å². The van der Waals surface area contributed by atoms with Crippen molar-refractivity contribution in [3.63, 3.8) is 0 Å². The summed E-state index contributed by atoms with van der Waals surface area (Å²) >= 11 is 0. The number of aromatic nitrogens is 2. The first-order valence-electron chi connectivity index (χ1n) is 2.11. The van der Waals surface area contributed by atoms with E-state index in [1.54, 1.807) is 7.11 Å². The summed E-state index contributed by atoms with van der Waals surface area (Å²) in [5.41, 5.74) is 0. The molecule has 0 saturated heterocycles. The van der Waals surface area contributed by atoms with E-state index in [0.717, 1.165) is 0 Å². The van der Waals surface area contributed by atoms with Crippen LogP contribution in [0.2, 0.25) is 0 Å². The largest absolute Gasteiger partial charge is 0.377 e. The van der Waals surface area contributed by atoms with E-state index in [1.807, 2.05) is 0 Å². The van der Waals surface area contributed by atoms with Crippen LogP contribution in [-0.4, -0.2) is 17.5 Å². The Morgan fingerprint density at radius 3 is 3.25 bits per heavy atom. The fourth-order valence-electron chi connectivity index (χ4n) is 0.356. The Labute approximate surface area is 46.4 Å². The van der Waals surface area contributed by atoms with E-state index in [4.69, 9.17) is 0 Å². The molecule has 1 rings (SSSR count). The summed E-state index contributed by atoms with van der Waals surface area (Å²) in [5, 5.41) is 6.50. The molecule has 43 valence electrons. The summed E-state index contributed by atoms with van der Waals surface area (Å²) in [5.74, 6) is 0.521. The number of hydrogen-bond acceptors (Lipinski definition) is 4. The quantitative estimate of drug-likeness (QED) is 0.542. The van der Waals surface area contributed by atoms with Crippen molar-refractivity contribution in [3.8, 4) is 0 Å². The molecule has 0 aromatic carbocycles. The van der Waals surface area contributed by atoms with Crippen molar-refractivity contribution < 1.29 is 9.26 Å². The standard InChI is InChI=1S/C4H5N2O2/c1-7-3-4-2-5-6-8-4/h3H2,1H3. The molecule has 0 saturated carbocycles. The molecule has 0 aliphatic carbocycles. The minimum Gasteiger partial charge on any atom is -0.377 e. The summed E-state index contributed by atoms with van der Waals surface area (Å²) < 4.78 is 9.21. The van der Waals surface area contributed by atoms with Crippen molar-refractivity contribution in [1.82, 2.24) is 10.4 Å². The summed E-state index contributed by atoms with van der Waals surface area (Å²) in [4.78, 5) is 0. The molecule has 0 N–H and O–H groups in total. The van der Waals surface area contributed by atoms with E-state index in [-0.39, 0.29) is 0 Å². The van der Waals surface area contributed by atoms with Crippen molar-refractivity contribution in [2.45, 2.75) is 6.61 Å². The van der Waals surface area contributed by atoms with Crippen LogP contribution in [0.25, 0.3) is 0 Å². The van der Waals surface area contributed by atoms with Gasteiger partial charge in [-0.05, 0) is 0 Å². The first-order valence-corrected chi connectivity index (χ1v) is 2.11. The molecule has 1 heterocycles. The molecular weight excluding hydrogens is 108 g/mol. The van der Waals surface area contributed by atoms with Gasteiger partial charge in [0.25, 0.3) is 0 Å². The van der Waals surface area contributed by atoms with Crippen LogP contribution in [0.1, 0.15) is 5.76 Å². The van der Waals surface area contributed by atoms with E-state index in [0.29, 0.717) is 12.4 Å². The van der Waals surface area contributed by atoms with Gasteiger partial charge in [0.2, 0.25) is 0 Å². The Balaban J connectivity index is 2.50. The Hall–Kier alpha value is -0.900. The van der Waals surface area contributed by atoms with E-state index in [2.05, 4.69) is 25.8 Å². The van der Waals surface area contributed by atoms with Gasteiger partial charge in [-0.1, -0.05) is 0 Å². The van der Waals surface area contributed by atoms with Gasteiger partial charge in [-0.3, -0.25) is 0 Å². The van der Waals surface area contributed by atoms with Gasteiger partial charge < -0.3 is 9.26 Å².